The third-order valence-corrected chi connectivity index (χ3v) is 18.0. The summed E-state index contributed by atoms with van der Waals surface area (Å²) in [7, 11) is 0. The molecule has 0 bridgehead atoms. The van der Waals surface area contributed by atoms with Crippen LogP contribution in [0.2, 0.25) is 0 Å². The van der Waals surface area contributed by atoms with Gasteiger partial charge in [0.2, 0.25) is 5.95 Å². The van der Waals surface area contributed by atoms with Gasteiger partial charge in [0, 0.05) is 33.5 Å². The molecule has 0 radical (unpaired) electrons. The number of aliphatic imine (C=N–C) groups is 2. The van der Waals surface area contributed by atoms with E-state index in [1.165, 1.54) is 33.5 Å². The average Bonchev–Trinajstić information content (AvgIpc) is 1.59. The molecule has 15 rings (SSSR count). The summed E-state index contributed by atoms with van der Waals surface area (Å²) in [6.45, 7) is 8.62. The number of nitrogens with one attached hydrogen (secondary N) is 1. The lowest BCUT2D eigenvalue weighted by atomic mass is 9.80. The molecule has 446 valence electrons. The second-order valence-corrected chi connectivity index (χ2v) is 24.0. The third-order valence-electron chi connectivity index (χ3n) is 18.0. The molecule has 0 fully saturated rings. The van der Waals surface area contributed by atoms with Crippen LogP contribution in [-0.2, 0) is 0 Å². The largest absolute Gasteiger partial charge is 0.344 e. The smallest absolute Gasteiger partial charge is 0.234 e. The van der Waals surface area contributed by atoms with Gasteiger partial charge in [0.25, 0.3) is 0 Å². The van der Waals surface area contributed by atoms with Crippen LogP contribution in [0.1, 0.15) is 55.1 Å². The van der Waals surface area contributed by atoms with E-state index in [-0.39, 0.29) is 12.0 Å². The monoisotopic (exact) mass is 1200 g/mol. The molecule has 11 aromatic rings. The molecule has 1 aromatic heterocycles. The van der Waals surface area contributed by atoms with E-state index in [0.717, 1.165) is 108 Å². The Kier molecular flexibility index (Phi) is 15.9. The summed E-state index contributed by atoms with van der Waals surface area (Å²) in [4.78, 5) is 29.5. The van der Waals surface area contributed by atoms with Gasteiger partial charge < -0.3 is 10.2 Å². The molecule has 4 aliphatic rings. The van der Waals surface area contributed by atoms with Crippen LogP contribution in [0.3, 0.4) is 0 Å². The van der Waals surface area contributed by atoms with Crippen molar-refractivity contribution in [2.24, 2.45) is 15.9 Å². The van der Waals surface area contributed by atoms with Crippen molar-refractivity contribution in [1.29, 1.82) is 0 Å². The van der Waals surface area contributed by atoms with E-state index in [0.29, 0.717) is 23.4 Å². The predicted molar refractivity (Wildman–Crippen MR) is 386 cm³/mol. The summed E-state index contributed by atoms with van der Waals surface area (Å²) in [6, 6.07) is 94.6. The van der Waals surface area contributed by atoms with Crippen molar-refractivity contribution in [3.63, 3.8) is 0 Å². The van der Waals surface area contributed by atoms with Crippen LogP contribution in [-0.4, -0.2) is 32.7 Å². The molecule has 0 saturated carbocycles. The first kappa shape index (κ1) is 57.7. The Labute approximate surface area is 544 Å². The first-order chi connectivity index (χ1) is 45.9. The van der Waals surface area contributed by atoms with Gasteiger partial charge in [0.1, 0.15) is 12.0 Å². The highest BCUT2D eigenvalue weighted by Gasteiger charge is 2.43. The number of anilines is 1. The van der Waals surface area contributed by atoms with Crippen molar-refractivity contribution in [3.05, 3.63) is 361 Å². The minimum atomic E-state index is -0.494. The van der Waals surface area contributed by atoms with Gasteiger partial charge in [-0.25, -0.2) is 15.0 Å². The summed E-state index contributed by atoms with van der Waals surface area (Å²) in [5, 5.41) is 3.84. The van der Waals surface area contributed by atoms with E-state index < -0.39 is 6.17 Å². The fourth-order valence-electron chi connectivity index (χ4n) is 13.4. The molecular formula is C86H67N7. The number of rotatable bonds is 15. The van der Waals surface area contributed by atoms with Crippen LogP contribution in [0.5, 0.6) is 0 Å². The van der Waals surface area contributed by atoms with Crippen LogP contribution in [0, 0.1) is 5.92 Å². The van der Waals surface area contributed by atoms with Crippen LogP contribution in [0.15, 0.2) is 348 Å². The standard InChI is InChI=1S/C86H67N7/c1-4-6-27-58(5-2)81-87-83(69-43-24-41-67(51-69)74-54-72(60-30-14-8-15-31-60)53-73(55-74)61-32-16-9-17-33-61)90-84(88-81)71-45-25-42-68(52-71)75-46-26-47-78-80(75)77-56-76(62-34-18-10-19-35-62)57(3)48-79(77)93(78)86-91-82(63-36-20-11-21-37-63)89-85(92-86)70-44-23-40-66(50-70)65-39-22-38-64(49-65)59-28-12-7-13-29-59/h4-46,49-57,78,84H,2,47-48H2,1,3H3,(H,87,88,90)/b6-4-,58-27+. The molecule has 93 heavy (non-hydrogen) atoms. The van der Waals surface area contributed by atoms with E-state index in [4.69, 9.17) is 24.9 Å². The van der Waals surface area contributed by atoms with E-state index in [1.807, 2.05) is 37.3 Å². The quantitative estimate of drug-likeness (QED) is 0.104. The Bertz CT molecular complexity index is 4860. The van der Waals surface area contributed by atoms with Gasteiger partial charge >= 0.3 is 0 Å². The molecule has 3 heterocycles. The normalized spacial score (nSPS) is 16.9. The maximum Gasteiger partial charge on any atom is 0.234 e. The second-order valence-electron chi connectivity index (χ2n) is 24.0. The van der Waals surface area contributed by atoms with E-state index in [1.54, 1.807) is 0 Å². The van der Waals surface area contributed by atoms with Gasteiger partial charge in [-0.2, -0.15) is 9.97 Å². The summed E-state index contributed by atoms with van der Waals surface area (Å²) in [6.07, 6.45) is 16.1. The zero-order chi connectivity index (χ0) is 62.6. The Morgan fingerprint density at radius 1 is 0.484 bits per heavy atom. The Morgan fingerprint density at radius 2 is 0.957 bits per heavy atom. The van der Waals surface area contributed by atoms with Crippen molar-refractivity contribution in [2.45, 2.75) is 38.9 Å². The van der Waals surface area contributed by atoms with Crippen LogP contribution in [0.4, 0.5) is 5.95 Å². The minimum Gasteiger partial charge on any atom is -0.344 e. The molecule has 2 aliphatic heterocycles. The first-order valence-electron chi connectivity index (χ1n) is 32.0. The Balaban J connectivity index is 0.833. The molecule has 1 N–H and O–H groups in total. The third kappa shape index (κ3) is 11.8. The number of aromatic nitrogens is 3. The Hall–Kier alpha value is -11.7. The van der Waals surface area contributed by atoms with Gasteiger partial charge in [0.05, 0.1) is 6.04 Å². The lowest BCUT2D eigenvalue weighted by molar-refractivity contribution is 0.666. The zero-order valence-electron chi connectivity index (χ0n) is 52.0. The highest BCUT2D eigenvalue weighted by Crippen LogP contribution is 2.51. The number of amidine groups is 2. The molecule has 2 aliphatic carbocycles. The SMILES string of the molecule is C=C/C(=C\C=C/C)C1=NC(c2cccc(C3=C4C5=C(CC(C)C(c6ccccc6)=C5)N(c5nc(-c6ccccc6)nc(-c6cccc(-c7cccc(-c8ccccc8)c7)c6)n5)C4CC=C3)c2)NC(c2cccc(-c3cc(-c4ccccc4)cc(-c4ccccc4)c3)c2)=N1. The fraction of sp³-hybridized carbons (Fsp3) is 0.0814. The number of hydrogen-bond donors (Lipinski definition) is 1. The number of hydrogen-bond acceptors (Lipinski definition) is 7. The molecule has 10 aromatic carbocycles. The number of fused-ring (bicyclic) bond motifs is 2. The molecule has 0 saturated heterocycles. The molecule has 0 spiro atoms. The predicted octanol–water partition coefficient (Wildman–Crippen LogP) is 20.7. The lowest BCUT2D eigenvalue weighted by Gasteiger charge is -2.31. The van der Waals surface area contributed by atoms with Gasteiger partial charge in [0.15, 0.2) is 17.5 Å². The van der Waals surface area contributed by atoms with Crippen molar-refractivity contribution >= 4 is 28.8 Å². The van der Waals surface area contributed by atoms with Crippen LogP contribution < -0.4 is 10.2 Å². The molecular weight excluding hydrogens is 1130 g/mol. The van der Waals surface area contributed by atoms with Crippen molar-refractivity contribution in [2.75, 3.05) is 4.90 Å². The number of benzene rings is 10. The first-order valence-corrected chi connectivity index (χ1v) is 32.0. The van der Waals surface area contributed by atoms with Gasteiger partial charge in [-0.05, 0) is 163 Å². The van der Waals surface area contributed by atoms with Crippen LogP contribution in [0.25, 0.3) is 89.6 Å². The summed E-state index contributed by atoms with van der Waals surface area (Å²) < 4.78 is 0. The highest BCUT2D eigenvalue weighted by atomic mass is 15.3. The van der Waals surface area contributed by atoms with Crippen molar-refractivity contribution < 1.29 is 0 Å². The van der Waals surface area contributed by atoms with Crippen LogP contribution >= 0.6 is 0 Å². The highest BCUT2D eigenvalue weighted by molar-refractivity contribution is 6.14. The summed E-state index contributed by atoms with van der Waals surface area (Å²) in [5.41, 5.74) is 24.4. The fourth-order valence-corrected chi connectivity index (χ4v) is 13.4. The van der Waals surface area contributed by atoms with Crippen molar-refractivity contribution in [1.82, 2.24) is 20.3 Å². The second kappa shape index (κ2) is 25.7. The average molecular weight is 1200 g/mol. The van der Waals surface area contributed by atoms with E-state index in [9.17, 15) is 0 Å². The molecule has 3 atom stereocenters. The summed E-state index contributed by atoms with van der Waals surface area (Å²) in [5.74, 6) is 3.40. The number of nitrogens with zero attached hydrogens (tertiary/aromatic N) is 6. The molecule has 7 heteroatoms. The maximum absolute atomic E-state index is 5.55. The van der Waals surface area contributed by atoms with Gasteiger partial charge in [-0.1, -0.05) is 274 Å². The summed E-state index contributed by atoms with van der Waals surface area (Å²) >= 11 is 0. The molecule has 3 unspecified atom stereocenters. The van der Waals surface area contributed by atoms with E-state index >= 15 is 0 Å². The molecule has 0 amide bonds. The van der Waals surface area contributed by atoms with Gasteiger partial charge in [-0.3, -0.25) is 0 Å². The van der Waals surface area contributed by atoms with Gasteiger partial charge in [-0.15, -0.1) is 0 Å². The minimum absolute atomic E-state index is 0.115. The topological polar surface area (TPSA) is 78.7 Å². The van der Waals surface area contributed by atoms with Crippen molar-refractivity contribution in [3.8, 4) is 78.4 Å². The molecule has 7 nitrogen and oxygen atoms in total. The number of allylic oxidation sites excluding steroid dienone is 8. The zero-order valence-corrected chi connectivity index (χ0v) is 52.0. The maximum atomic E-state index is 5.55. The van der Waals surface area contributed by atoms with E-state index in [2.05, 4.69) is 303 Å². The Morgan fingerprint density at radius 3 is 1.57 bits per heavy atom. The lowest BCUT2D eigenvalue weighted by Crippen LogP contribution is -2.34.